The summed E-state index contributed by atoms with van der Waals surface area (Å²) in [5.41, 5.74) is 1.66. The molecule has 26 heavy (non-hydrogen) atoms. The second kappa shape index (κ2) is 7.66. The van der Waals surface area contributed by atoms with Gasteiger partial charge in [-0.25, -0.2) is 4.98 Å². The predicted octanol–water partition coefficient (Wildman–Crippen LogP) is 3.17. The van der Waals surface area contributed by atoms with Crippen molar-refractivity contribution in [3.05, 3.63) is 24.0 Å². The summed E-state index contributed by atoms with van der Waals surface area (Å²) in [4.78, 5) is 22.8. The van der Waals surface area contributed by atoms with Crippen LogP contribution in [0, 0.1) is 5.92 Å². The number of benzene rings is 1. The van der Waals surface area contributed by atoms with Crippen LogP contribution in [-0.2, 0) is 16.0 Å². The molecule has 1 aliphatic rings. The molecule has 1 amide bonds. The van der Waals surface area contributed by atoms with E-state index < -0.39 is 0 Å². The molecule has 0 aliphatic carbocycles. The molecule has 2 aromatic rings. The molecular weight excluding hydrogens is 330 g/mol. The Morgan fingerprint density at radius 2 is 2.27 bits per heavy atom. The number of amides is 1. The second-order valence-corrected chi connectivity index (χ2v) is 7.53. The third-order valence-corrected chi connectivity index (χ3v) is 5.10. The normalized spacial score (nSPS) is 19.5. The highest BCUT2D eigenvalue weighted by Crippen LogP contribution is 2.30. The number of hydrogen-bond donors (Lipinski definition) is 1. The zero-order valence-corrected chi connectivity index (χ0v) is 16.2. The molecule has 6 nitrogen and oxygen atoms in total. The lowest BCUT2D eigenvalue weighted by molar-refractivity contribution is -0.145. The van der Waals surface area contributed by atoms with Crippen LogP contribution in [0.1, 0.15) is 39.4 Å². The average Bonchev–Trinajstić information content (AvgIpc) is 3.03. The van der Waals surface area contributed by atoms with Gasteiger partial charge in [-0.1, -0.05) is 0 Å². The highest BCUT2D eigenvalue weighted by Gasteiger charge is 2.34. The predicted molar refractivity (Wildman–Crippen MR) is 101 cm³/mol. The van der Waals surface area contributed by atoms with Gasteiger partial charge in [0.05, 0.1) is 23.7 Å². The van der Waals surface area contributed by atoms with Crippen molar-refractivity contribution in [1.82, 2.24) is 14.9 Å². The van der Waals surface area contributed by atoms with Crippen LogP contribution < -0.4 is 4.74 Å². The van der Waals surface area contributed by atoms with Crippen molar-refractivity contribution in [3.8, 4) is 5.75 Å². The van der Waals surface area contributed by atoms with Crippen molar-refractivity contribution in [2.24, 2.45) is 5.92 Å². The first-order valence-electron chi connectivity index (χ1n) is 9.37. The van der Waals surface area contributed by atoms with E-state index in [-0.39, 0.29) is 17.4 Å². The number of carbonyl (C=O) groups excluding carboxylic acids is 1. The SMILES string of the molecule is CCN(CCc1nc2ccc(OC)cc2[nH]1)C(=O)C1CCOC(C)(C)C1. The highest BCUT2D eigenvalue weighted by atomic mass is 16.5. The number of nitrogens with zero attached hydrogens (tertiary/aromatic N) is 2. The molecule has 1 N–H and O–H groups in total. The van der Waals surface area contributed by atoms with Gasteiger partial charge in [0.25, 0.3) is 0 Å². The monoisotopic (exact) mass is 359 g/mol. The molecule has 3 rings (SSSR count). The number of rotatable bonds is 6. The highest BCUT2D eigenvalue weighted by molar-refractivity contribution is 5.79. The smallest absolute Gasteiger partial charge is 0.225 e. The zero-order chi connectivity index (χ0) is 18.7. The summed E-state index contributed by atoms with van der Waals surface area (Å²) in [5.74, 6) is 1.99. The Hall–Kier alpha value is -2.08. The topological polar surface area (TPSA) is 67.5 Å². The molecule has 2 heterocycles. The van der Waals surface area contributed by atoms with Gasteiger partial charge in [-0.3, -0.25) is 4.79 Å². The number of imidazole rings is 1. The number of nitrogens with one attached hydrogen (secondary N) is 1. The Morgan fingerprint density at radius 3 is 2.96 bits per heavy atom. The fourth-order valence-corrected chi connectivity index (χ4v) is 3.65. The molecule has 1 saturated heterocycles. The molecular formula is C20H29N3O3. The van der Waals surface area contributed by atoms with Gasteiger partial charge in [0.2, 0.25) is 5.91 Å². The molecule has 0 spiro atoms. The van der Waals surface area contributed by atoms with E-state index in [0.717, 1.165) is 35.4 Å². The van der Waals surface area contributed by atoms with E-state index in [2.05, 4.69) is 23.8 Å². The average molecular weight is 359 g/mol. The molecule has 1 unspecified atom stereocenters. The Kier molecular flexibility index (Phi) is 5.51. The number of aromatic amines is 1. The molecule has 142 valence electrons. The minimum atomic E-state index is -0.213. The van der Waals surface area contributed by atoms with Crippen LogP contribution >= 0.6 is 0 Å². The lowest BCUT2D eigenvalue weighted by Crippen LogP contribution is -2.44. The maximum absolute atomic E-state index is 12.9. The summed E-state index contributed by atoms with van der Waals surface area (Å²) in [5, 5.41) is 0. The molecule has 0 bridgehead atoms. The standard InChI is InChI=1S/C20H29N3O3/c1-5-23(19(24)14-9-11-26-20(2,3)13-14)10-8-18-21-16-7-6-15(25-4)12-17(16)22-18/h6-7,12,14H,5,8-11,13H2,1-4H3,(H,21,22). The van der Waals surface area contributed by atoms with Crippen LogP contribution in [0.4, 0.5) is 0 Å². The molecule has 1 aromatic carbocycles. The Bertz CT molecular complexity index is 769. The van der Waals surface area contributed by atoms with Gasteiger partial charge in [0, 0.05) is 38.1 Å². The number of fused-ring (bicyclic) bond motifs is 1. The summed E-state index contributed by atoms with van der Waals surface area (Å²) in [7, 11) is 1.65. The third-order valence-electron chi connectivity index (χ3n) is 5.10. The summed E-state index contributed by atoms with van der Waals surface area (Å²) in [6.07, 6.45) is 2.30. The molecule has 6 heteroatoms. The lowest BCUT2D eigenvalue weighted by atomic mass is 9.87. The van der Waals surface area contributed by atoms with Gasteiger partial charge in [-0.05, 0) is 45.7 Å². The third kappa shape index (κ3) is 4.18. The first-order chi connectivity index (χ1) is 12.4. The Labute approximate surface area is 154 Å². The van der Waals surface area contributed by atoms with Gasteiger partial charge in [-0.2, -0.15) is 0 Å². The van der Waals surface area contributed by atoms with E-state index in [1.165, 1.54) is 0 Å². The maximum atomic E-state index is 12.9. The number of methoxy groups -OCH3 is 1. The van der Waals surface area contributed by atoms with Crippen molar-refractivity contribution in [2.75, 3.05) is 26.8 Å². The van der Waals surface area contributed by atoms with E-state index >= 15 is 0 Å². The van der Waals surface area contributed by atoms with Crippen LogP contribution in [0.3, 0.4) is 0 Å². The number of ether oxygens (including phenoxy) is 2. The first kappa shape index (κ1) is 18.7. The first-order valence-corrected chi connectivity index (χ1v) is 9.37. The zero-order valence-electron chi connectivity index (χ0n) is 16.2. The van der Waals surface area contributed by atoms with Gasteiger partial charge < -0.3 is 19.4 Å². The van der Waals surface area contributed by atoms with Crippen LogP contribution in [0.5, 0.6) is 5.75 Å². The fraction of sp³-hybridized carbons (Fsp3) is 0.600. The van der Waals surface area contributed by atoms with Gasteiger partial charge >= 0.3 is 0 Å². The quantitative estimate of drug-likeness (QED) is 0.860. The number of hydrogen-bond acceptors (Lipinski definition) is 4. The molecule has 0 radical (unpaired) electrons. The van der Waals surface area contributed by atoms with Crippen LogP contribution in [0.15, 0.2) is 18.2 Å². The van der Waals surface area contributed by atoms with Crippen LogP contribution in [0.25, 0.3) is 11.0 Å². The maximum Gasteiger partial charge on any atom is 0.225 e. The van der Waals surface area contributed by atoms with Crippen molar-refractivity contribution in [2.45, 2.75) is 45.6 Å². The molecule has 1 aliphatic heterocycles. The Balaban J connectivity index is 1.64. The number of likely N-dealkylation sites (N-methyl/N-ethyl adjacent to an activating group) is 1. The van der Waals surface area contributed by atoms with E-state index in [1.54, 1.807) is 7.11 Å². The molecule has 1 aromatic heterocycles. The van der Waals surface area contributed by atoms with Crippen molar-refractivity contribution in [1.29, 1.82) is 0 Å². The van der Waals surface area contributed by atoms with Crippen molar-refractivity contribution in [3.63, 3.8) is 0 Å². The van der Waals surface area contributed by atoms with E-state index in [0.29, 0.717) is 26.1 Å². The van der Waals surface area contributed by atoms with Crippen LogP contribution in [0.2, 0.25) is 0 Å². The molecule has 1 fully saturated rings. The molecule has 0 saturated carbocycles. The van der Waals surface area contributed by atoms with Crippen molar-refractivity contribution >= 4 is 16.9 Å². The summed E-state index contributed by atoms with van der Waals surface area (Å²) >= 11 is 0. The minimum absolute atomic E-state index is 0.0543. The number of H-pyrrole nitrogens is 1. The minimum Gasteiger partial charge on any atom is -0.497 e. The van der Waals surface area contributed by atoms with Gasteiger partial charge in [-0.15, -0.1) is 0 Å². The largest absolute Gasteiger partial charge is 0.497 e. The fourth-order valence-electron chi connectivity index (χ4n) is 3.65. The van der Waals surface area contributed by atoms with E-state index in [4.69, 9.17) is 9.47 Å². The number of aromatic nitrogens is 2. The van der Waals surface area contributed by atoms with Gasteiger partial charge in [0.15, 0.2) is 0 Å². The van der Waals surface area contributed by atoms with Crippen molar-refractivity contribution < 1.29 is 14.3 Å². The molecule has 1 atom stereocenters. The van der Waals surface area contributed by atoms with E-state index in [9.17, 15) is 4.79 Å². The van der Waals surface area contributed by atoms with E-state index in [1.807, 2.05) is 30.0 Å². The summed E-state index contributed by atoms with van der Waals surface area (Å²) in [6, 6.07) is 5.79. The lowest BCUT2D eigenvalue weighted by Gasteiger charge is -2.37. The van der Waals surface area contributed by atoms with Gasteiger partial charge in [0.1, 0.15) is 11.6 Å². The van der Waals surface area contributed by atoms with Crippen LogP contribution in [-0.4, -0.2) is 53.2 Å². The second-order valence-electron chi connectivity index (χ2n) is 7.53. The number of carbonyl (C=O) groups is 1. The summed E-state index contributed by atoms with van der Waals surface area (Å²) in [6.45, 7) is 8.20. The Morgan fingerprint density at radius 1 is 1.46 bits per heavy atom. The summed E-state index contributed by atoms with van der Waals surface area (Å²) < 4.78 is 11.0.